The summed E-state index contributed by atoms with van der Waals surface area (Å²) in [4.78, 5) is -0.617. The average Bonchev–Trinajstić information content (AvgIpc) is 2.94. The van der Waals surface area contributed by atoms with E-state index in [1.807, 2.05) is 0 Å². The summed E-state index contributed by atoms with van der Waals surface area (Å²) in [5.41, 5.74) is -0.333. The number of benzene rings is 1. The van der Waals surface area contributed by atoms with Gasteiger partial charge in [-0.25, -0.2) is 21.9 Å². The number of sulfonamides is 1. The van der Waals surface area contributed by atoms with E-state index in [9.17, 15) is 17.2 Å². The van der Waals surface area contributed by atoms with E-state index in [4.69, 9.17) is 4.52 Å². The quantitative estimate of drug-likeness (QED) is 0.835. The summed E-state index contributed by atoms with van der Waals surface area (Å²) < 4.78 is 58.7. The predicted molar refractivity (Wildman–Crippen MR) is 69.7 cm³/mol. The van der Waals surface area contributed by atoms with Crippen molar-refractivity contribution in [1.82, 2.24) is 15.2 Å². The molecule has 0 amide bonds. The summed E-state index contributed by atoms with van der Waals surface area (Å²) in [6, 6.07) is 3.27. The van der Waals surface area contributed by atoms with E-state index < -0.39 is 26.6 Å². The van der Waals surface area contributed by atoms with Crippen molar-refractivity contribution < 1.29 is 21.7 Å². The van der Waals surface area contributed by atoms with Crippen LogP contribution >= 0.6 is 0 Å². The van der Waals surface area contributed by atoms with Crippen LogP contribution in [0.15, 0.2) is 33.8 Å². The molecule has 0 bridgehead atoms. The van der Waals surface area contributed by atoms with Crippen LogP contribution in [0.2, 0.25) is 0 Å². The molecule has 2 rings (SSSR count). The Balaban J connectivity index is 2.29. The minimum atomic E-state index is -4.13. The Kier molecular flexibility index (Phi) is 4.66. The molecule has 1 heterocycles. The molecule has 2 aromatic rings. The zero-order valence-corrected chi connectivity index (χ0v) is 11.9. The highest BCUT2D eigenvalue weighted by atomic mass is 32.2. The number of aromatic nitrogens is 1. The van der Waals surface area contributed by atoms with Crippen LogP contribution in [0, 0.1) is 11.6 Å². The third kappa shape index (κ3) is 3.43. The van der Waals surface area contributed by atoms with Crippen molar-refractivity contribution in [1.29, 1.82) is 0 Å². The molecule has 114 valence electrons. The summed E-state index contributed by atoms with van der Waals surface area (Å²) in [6.07, 6.45) is 1.35. The molecule has 1 aromatic carbocycles. The van der Waals surface area contributed by atoms with Crippen molar-refractivity contribution in [2.75, 3.05) is 7.05 Å². The Hall–Kier alpha value is -1.84. The van der Waals surface area contributed by atoms with Crippen LogP contribution < -0.4 is 10.0 Å². The van der Waals surface area contributed by atoms with Gasteiger partial charge in [-0.05, 0) is 19.2 Å². The molecule has 0 radical (unpaired) electrons. The normalized spacial score (nSPS) is 11.8. The van der Waals surface area contributed by atoms with E-state index in [1.165, 1.54) is 19.3 Å². The van der Waals surface area contributed by atoms with Crippen molar-refractivity contribution in [2.24, 2.45) is 0 Å². The van der Waals surface area contributed by atoms with Crippen LogP contribution in [-0.2, 0) is 23.1 Å². The summed E-state index contributed by atoms with van der Waals surface area (Å²) >= 11 is 0. The van der Waals surface area contributed by atoms with Crippen molar-refractivity contribution in [3.05, 3.63) is 47.4 Å². The number of hydrogen-bond acceptors (Lipinski definition) is 5. The van der Waals surface area contributed by atoms with E-state index in [-0.39, 0.29) is 24.4 Å². The Morgan fingerprint density at radius 2 is 2.00 bits per heavy atom. The molecule has 9 heteroatoms. The second kappa shape index (κ2) is 6.29. The van der Waals surface area contributed by atoms with Crippen LogP contribution in [-0.4, -0.2) is 20.6 Å². The third-order valence-electron chi connectivity index (χ3n) is 2.72. The lowest BCUT2D eigenvalue weighted by Crippen LogP contribution is -2.25. The summed E-state index contributed by atoms with van der Waals surface area (Å²) in [5, 5.41) is 6.00. The fourth-order valence-corrected chi connectivity index (χ4v) is 2.79. The van der Waals surface area contributed by atoms with Crippen molar-refractivity contribution in [3.63, 3.8) is 0 Å². The maximum Gasteiger partial charge on any atom is 0.243 e. The van der Waals surface area contributed by atoms with Crippen LogP contribution in [0.25, 0.3) is 0 Å². The van der Waals surface area contributed by atoms with E-state index in [0.717, 1.165) is 12.1 Å². The molecular formula is C12H13F2N3O3S. The Labute approximate surface area is 120 Å². The second-order valence-corrected chi connectivity index (χ2v) is 5.91. The van der Waals surface area contributed by atoms with E-state index in [2.05, 4.69) is 15.2 Å². The van der Waals surface area contributed by atoms with Crippen LogP contribution in [0.3, 0.4) is 0 Å². The van der Waals surface area contributed by atoms with Crippen molar-refractivity contribution in [3.8, 4) is 0 Å². The Morgan fingerprint density at radius 3 is 2.62 bits per heavy atom. The topological polar surface area (TPSA) is 84.2 Å². The molecule has 0 saturated carbocycles. The van der Waals surface area contributed by atoms with E-state index >= 15 is 0 Å². The number of halogens is 2. The monoisotopic (exact) mass is 317 g/mol. The van der Waals surface area contributed by atoms with Crippen LogP contribution in [0.1, 0.15) is 11.3 Å². The molecule has 6 nitrogen and oxygen atoms in total. The predicted octanol–water partition coefficient (Wildman–Crippen LogP) is 1.15. The maximum atomic E-state index is 14.1. The number of nitrogens with one attached hydrogen (secondary N) is 2. The lowest BCUT2D eigenvalue weighted by molar-refractivity contribution is 0.380. The molecule has 0 spiro atoms. The van der Waals surface area contributed by atoms with Gasteiger partial charge in [0.2, 0.25) is 10.0 Å². The highest BCUT2D eigenvalue weighted by Crippen LogP contribution is 2.21. The van der Waals surface area contributed by atoms with Gasteiger partial charge in [0.15, 0.2) is 11.6 Å². The lowest BCUT2D eigenvalue weighted by Gasteiger charge is -2.10. The van der Waals surface area contributed by atoms with Gasteiger partial charge in [0, 0.05) is 18.2 Å². The molecule has 2 N–H and O–H groups in total. The van der Waals surface area contributed by atoms with Gasteiger partial charge in [-0.3, -0.25) is 0 Å². The fourth-order valence-electron chi connectivity index (χ4n) is 1.70. The molecule has 0 saturated heterocycles. The van der Waals surface area contributed by atoms with Crippen molar-refractivity contribution in [2.45, 2.75) is 18.0 Å². The van der Waals surface area contributed by atoms with Gasteiger partial charge >= 0.3 is 0 Å². The number of hydrogen-bond donors (Lipinski definition) is 2. The molecule has 0 aliphatic heterocycles. The van der Waals surface area contributed by atoms with Crippen LogP contribution in [0.5, 0.6) is 0 Å². The molecule has 21 heavy (non-hydrogen) atoms. The zero-order valence-electron chi connectivity index (χ0n) is 11.1. The largest absolute Gasteiger partial charge is 0.360 e. The summed E-state index contributed by atoms with van der Waals surface area (Å²) in [6.45, 7) is -0.302. The van der Waals surface area contributed by atoms with Gasteiger partial charge in [0.05, 0.1) is 12.7 Å². The first kappa shape index (κ1) is 15.5. The van der Waals surface area contributed by atoms with E-state index in [1.54, 1.807) is 0 Å². The average molecular weight is 317 g/mol. The van der Waals surface area contributed by atoms with Gasteiger partial charge in [0.1, 0.15) is 10.7 Å². The van der Waals surface area contributed by atoms with Gasteiger partial charge in [0.25, 0.3) is 0 Å². The van der Waals surface area contributed by atoms with Gasteiger partial charge in [-0.15, -0.1) is 0 Å². The highest BCUT2D eigenvalue weighted by Gasteiger charge is 2.23. The SMILES string of the molecule is CNCc1c(F)ccc(S(=O)(=O)NCc2ccno2)c1F. The Bertz CT molecular complexity index is 718. The molecule has 0 unspecified atom stereocenters. The van der Waals surface area contributed by atoms with Gasteiger partial charge < -0.3 is 9.84 Å². The first-order valence-corrected chi connectivity index (χ1v) is 7.44. The Morgan fingerprint density at radius 1 is 1.24 bits per heavy atom. The lowest BCUT2D eigenvalue weighted by atomic mass is 10.2. The minimum Gasteiger partial charge on any atom is -0.360 e. The molecule has 0 aliphatic rings. The van der Waals surface area contributed by atoms with Gasteiger partial charge in [-0.1, -0.05) is 5.16 Å². The molecule has 1 aromatic heterocycles. The standard InChI is InChI=1S/C12H13F2N3O3S/c1-15-7-9-10(13)2-3-11(12(9)14)21(18,19)17-6-8-4-5-16-20-8/h2-5,15,17H,6-7H2,1H3. The molecular weight excluding hydrogens is 304 g/mol. The smallest absolute Gasteiger partial charge is 0.243 e. The minimum absolute atomic E-state index is 0.122. The maximum absolute atomic E-state index is 14.1. The number of nitrogens with zero attached hydrogens (tertiary/aromatic N) is 1. The van der Waals surface area contributed by atoms with Crippen molar-refractivity contribution >= 4 is 10.0 Å². The number of rotatable bonds is 6. The highest BCUT2D eigenvalue weighted by molar-refractivity contribution is 7.89. The fraction of sp³-hybridized carbons (Fsp3) is 0.250. The zero-order chi connectivity index (χ0) is 15.5. The third-order valence-corrected chi connectivity index (χ3v) is 4.14. The van der Waals surface area contributed by atoms with Crippen LogP contribution in [0.4, 0.5) is 8.78 Å². The first-order chi connectivity index (χ1) is 9.95. The molecule has 0 aliphatic carbocycles. The summed E-state index contributed by atoms with van der Waals surface area (Å²) in [7, 11) is -2.63. The van der Waals surface area contributed by atoms with Gasteiger partial charge in [-0.2, -0.15) is 0 Å². The molecule has 0 atom stereocenters. The molecule has 0 fully saturated rings. The van der Waals surface area contributed by atoms with E-state index in [0.29, 0.717) is 0 Å². The first-order valence-electron chi connectivity index (χ1n) is 5.96. The summed E-state index contributed by atoms with van der Waals surface area (Å²) in [5.74, 6) is -1.65. The second-order valence-electron chi connectivity index (χ2n) is 4.17.